The summed E-state index contributed by atoms with van der Waals surface area (Å²) in [5.41, 5.74) is 3.99. The molecule has 5 nitrogen and oxygen atoms in total. The molecule has 2 aromatic rings. The molecule has 1 amide bonds. The van der Waals surface area contributed by atoms with Crippen LogP contribution in [0.3, 0.4) is 0 Å². The lowest BCUT2D eigenvalue weighted by Crippen LogP contribution is -2.41. The number of aryl methyl sites for hydroxylation is 1. The molecule has 1 aliphatic heterocycles. The van der Waals surface area contributed by atoms with E-state index < -0.39 is 0 Å². The van der Waals surface area contributed by atoms with E-state index >= 15 is 0 Å². The van der Waals surface area contributed by atoms with Gasteiger partial charge in [0.2, 0.25) is 5.91 Å². The molecule has 1 fully saturated rings. The second kappa shape index (κ2) is 4.93. The van der Waals surface area contributed by atoms with Crippen molar-refractivity contribution in [1.82, 2.24) is 14.8 Å². The molecule has 22 heavy (non-hydrogen) atoms. The van der Waals surface area contributed by atoms with E-state index in [9.17, 15) is 4.79 Å². The minimum atomic E-state index is 0.0875. The predicted octanol–water partition coefficient (Wildman–Crippen LogP) is 2.97. The molecule has 2 aromatic heterocycles. The van der Waals surface area contributed by atoms with Crippen LogP contribution in [-0.2, 0) is 11.2 Å². The predicted molar refractivity (Wildman–Crippen MR) is 84.7 cm³/mol. The van der Waals surface area contributed by atoms with Crippen molar-refractivity contribution < 1.29 is 4.79 Å². The lowest BCUT2D eigenvalue weighted by molar-refractivity contribution is -0.117. The lowest BCUT2D eigenvalue weighted by atomic mass is 10.00. The topological polar surface area (TPSA) is 51.0 Å². The van der Waals surface area contributed by atoms with Crippen LogP contribution in [0.1, 0.15) is 44.8 Å². The molecule has 1 saturated carbocycles. The quantitative estimate of drug-likeness (QED) is 0.856. The van der Waals surface area contributed by atoms with E-state index in [4.69, 9.17) is 4.98 Å². The van der Waals surface area contributed by atoms with Gasteiger partial charge in [-0.25, -0.2) is 0 Å². The van der Waals surface area contributed by atoms with Crippen LogP contribution in [0.15, 0.2) is 24.5 Å². The smallest absolute Gasteiger partial charge is 0.224 e. The fourth-order valence-corrected chi connectivity index (χ4v) is 3.26. The number of anilines is 1. The fourth-order valence-electron chi connectivity index (χ4n) is 3.26. The van der Waals surface area contributed by atoms with Gasteiger partial charge in [0.15, 0.2) is 0 Å². The minimum Gasteiger partial charge on any atom is -0.308 e. The third kappa shape index (κ3) is 2.21. The van der Waals surface area contributed by atoms with E-state index in [1.54, 1.807) is 6.92 Å². The number of pyridine rings is 1. The maximum atomic E-state index is 11.9. The lowest BCUT2D eigenvalue weighted by Gasteiger charge is -2.34. The molecule has 1 atom stereocenters. The number of carbonyl (C=O) groups excluding carboxylic acids is 1. The maximum absolute atomic E-state index is 11.9. The van der Waals surface area contributed by atoms with Gasteiger partial charge in [-0.2, -0.15) is 5.10 Å². The first-order valence-electron chi connectivity index (χ1n) is 7.98. The summed E-state index contributed by atoms with van der Waals surface area (Å²) < 4.78 is 2.04. The summed E-state index contributed by atoms with van der Waals surface area (Å²) in [6, 6.07) is 4.86. The van der Waals surface area contributed by atoms with Gasteiger partial charge in [-0.15, -0.1) is 0 Å². The third-order valence-electron chi connectivity index (χ3n) is 4.61. The molecule has 3 heterocycles. The maximum Gasteiger partial charge on any atom is 0.224 e. The molecule has 0 bridgehead atoms. The summed E-state index contributed by atoms with van der Waals surface area (Å²) >= 11 is 0. The molecule has 0 N–H and O–H groups in total. The van der Waals surface area contributed by atoms with Crippen LogP contribution in [0, 0.1) is 0 Å². The Bertz CT molecular complexity index is 732. The molecule has 2 aliphatic rings. The standard InChI is InChI=1S/C17H20N4O/c1-11-3-6-16-17(21(11)12(2)22)8-7-15(19-16)13-9-18-20(10-13)14-4-5-14/h7-11,14H,3-6H2,1-2H3/t11-/m0/s1. The highest BCUT2D eigenvalue weighted by Gasteiger charge is 2.28. The van der Waals surface area contributed by atoms with Crippen LogP contribution >= 0.6 is 0 Å². The van der Waals surface area contributed by atoms with Gasteiger partial charge >= 0.3 is 0 Å². The molecule has 1 aliphatic carbocycles. The zero-order valence-electron chi connectivity index (χ0n) is 13.0. The average molecular weight is 296 g/mol. The molecule has 5 heteroatoms. The number of hydrogen-bond donors (Lipinski definition) is 0. The Hall–Kier alpha value is -2.17. The number of nitrogens with zero attached hydrogens (tertiary/aromatic N) is 4. The van der Waals surface area contributed by atoms with E-state index in [1.165, 1.54) is 12.8 Å². The Labute approximate surface area is 130 Å². The summed E-state index contributed by atoms with van der Waals surface area (Å²) in [5, 5.41) is 4.43. The van der Waals surface area contributed by atoms with Crippen LogP contribution < -0.4 is 4.90 Å². The SMILES string of the molecule is CC(=O)N1c2ccc(-c3cnn(C4CC4)c3)nc2CC[C@@H]1C. The Morgan fingerprint density at radius 2 is 2.09 bits per heavy atom. The van der Waals surface area contributed by atoms with E-state index in [0.717, 1.165) is 35.5 Å². The summed E-state index contributed by atoms with van der Waals surface area (Å²) in [5.74, 6) is 0.0875. The van der Waals surface area contributed by atoms with E-state index in [-0.39, 0.29) is 11.9 Å². The first-order chi connectivity index (χ1) is 10.6. The van der Waals surface area contributed by atoms with Gasteiger partial charge in [-0.05, 0) is 44.7 Å². The molecule has 0 aromatic carbocycles. The Kier molecular flexibility index (Phi) is 3.03. The average Bonchev–Trinajstić information content (AvgIpc) is 3.24. The number of amides is 1. The molecular formula is C17H20N4O. The van der Waals surface area contributed by atoms with E-state index in [1.807, 2.05) is 27.9 Å². The van der Waals surface area contributed by atoms with E-state index in [0.29, 0.717) is 6.04 Å². The Morgan fingerprint density at radius 3 is 2.82 bits per heavy atom. The van der Waals surface area contributed by atoms with Crippen molar-refractivity contribution in [1.29, 1.82) is 0 Å². The van der Waals surface area contributed by atoms with Crippen molar-refractivity contribution in [2.75, 3.05) is 4.90 Å². The molecule has 0 radical (unpaired) electrons. The van der Waals surface area contributed by atoms with Crippen LogP contribution in [0.4, 0.5) is 5.69 Å². The molecular weight excluding hydrogens is 276 g/mol. The number of fused-ring (bicyclic) bond motifs is 1. The highest BCUT2D eigenvalue weighted by atomic mass is 16.2. The zero-order valence-corrected chi connectivity index (χ0v) is 13.0. The normalized spacial score (nSPS) is 20.8. The van der Waals surface area contributed by atoms with Crippen molar-refractivity contribution in [3.63, 3.8) is 0 Å². The minimum absolute atomic E-state index is 0.0875. The Morgan fingerprint density at radius 1 is 1.27 bits per heavy atom. The number of aromatic nitrogens is 3. The molecule has 114 valence electrons. The van der Waals surface area contributed by atoms with Gasteiger partial charge in [-0.3, -0.25) is 14.5 Å². The first-order valence-corrected chi connectivity index (χ1v) is 7.98. The van der Waals surface area contributed by atoms with Crippen molar-refractivity contribution in [2.24, 2.45) is 0 Å². The molecule has 0 saturated heterocycles. The van der Waals surface area contributed by atoms with Gasteiger partial charge in [0.1, 0.15) is 0 Å². The van der Waals surface area contributed by atoms with Gasteiger partial charge in [0, 0.05) is 24.7 Å². The van der Waals surface area contributed by atoms with Crippen molar-refractivity contribution in [3.05, 3.63) is 30.2 Å². The zero-order chi connectivity index (χ0) is 15.3. The van der Waals surface area contributed by atoms with Crippen molar-refractivity contribution in [3.8, 4) is 11.3 Å². The van der Waals surface area contributed by atoms with Crippen LogP contribution in [-0.4, -0.2) is 26.7 Å². The van der Waals surface area contributed by atoms with Crippen LogP contribution in [0.2, 0.25) is 0 Å². The van der Waals surface area contributed by atoms with Crippen molar-refractivity contribution in [2.45, 2.75) is 51.6 Å². The van der Waals surface area contributed by atoms with Crippen LogP contribution in [0.5, 0.6) is 0 Å². The third-order valence-corrected chi connectivity index (χ3v) is 4.61. The molecule has 4 rings (SSSR count). The number of carbonyl (C=O) groups is 1. The monoisotopic (exact) mass is 296 g/mol. The first kappa shape index (κ1) is 13.5. The van der Waals surface area contributed by atoms with E-state index in [2.05, 4.69) is 18.2 Å². The number of hydrogen-bond acceptors (Lipinski definition) is 3. The summed E-state index contributed by atoms with van der Waals surface area (Å²) in [7, 11) is 0. The summed E-state index contributed by atoms with van der Waals surface area (Å²) in [4.78, 5) is 18.6. The number of rotatable bonds is 2. The van der Waals surface area contributed by atoms with Gasteiger partial charge < -0.3 is 4.90 Å². The largest absolute Gasteiger partial charge is 0.308 e. The van der Waals surface area contributed by atoms with Crippen LogP contribution in [0.25, 0.3) is 11.3 Å². The second-order valence-electron chi connectivity index (χ2n) is 6.38. The fraction of sp³-hybridized carbons (Fsp3) is 0.471. The second-order valence-corrected chi connectivity index (χ2v) is 6.38. The van der Waals surface area contributed by atoms with Gasteiger partial charge in [0.25, 0.3) is 0 Å². The molecule has 0 spiro atoms. The van der Waals surface area contributed by atoms with Crippen molar-refractivity contribution >= 4 is 11.6 Å². The Balaban J connectivity index is 1.70. The highest BCUT2D eigenvalue weighted by Crippen LogP contribution is 2.36. The summed E-state index contributed by atoms with van der Waals surface area (Å²) in [6.45, 7) is 3.72. The van der Waals surface area contributed by atoms with Gasteiger partial charge in [-0.1, -0.05) is 0 Å². The summed E-state index contributed by atoms with van der Waals surface area (Å²) in [6.07, 6.45) is 8.31. The van der Waals surface area contributed by atoms with Gasteiger partial charge in [0.05, 0.1) is 29.3 Å². The molecule has 0 unspecified atom stereocenters. The highest BCUT2D eigenvalue weighted by molar-refractivity contribution is 5.93.